The number of quaternary nitrogens is 1. The molecule has 0 radical (unpaired) electrons. The van der Waals surface area contributed by atoms with Gasteiger partial charge in [0.2, 0.25) is 5.91 Å². The lowest BCUT2D eigenvalue weighted by atomic mass is 10.1. The highest BCUT2D eigenvalue weighted by Crippen LogP contribution is 2.13. The number of hydrogen-bond donors (Lipinski definition) is 2. The Morgan fingerprint density at radius 2 is 1.86 bits per heavy atom. The molecule has 0 aliphatic heterocycles. The molecule has 1 rings (SSSR count). The van der Waals surface area contributed by atoms with Gasteiger partial charge in [-0.3, -0.25) is 4.79 Å². The van der Waals surface area contributed by atoms with Gasteiger partial charge in [-0.15, -0.1) is 0 Å². The molecule has 0 aliphatic carbocycles. The summed E-state index contributed by atoms with van der Waals surface area (Å²) in [5.41, 5.74) is 2.80. The van der Waals surface area contributed by atoms with E-state index in [2.05, 4.69) is 5.32 Å². The fourth-order valence-electron chi connectivity index (χ4n) is 2.24. The van der Waals surface area contributed by atoms with Crippen LogP contribution in [0.1, 0.15) is 37.3 Å². The molecule has 0 fully saturated rings. The standard InChI is InChI=1S/C16H24N2O3/c1-4-5-6-17-14(16(20)21)10-15(19)18-13-8-11(2)7-12(3)9-13/h7-9,14,17H,4-6,10H2,1-3H3,(H,18,19)(H,20,21)/t14-/m1/s1. The van der Waals surface area contributed by atoms with E-state index in [0.29, 0.717) is 12.2 Å². The maximum absolute atomic E-state index is 12.0. The summed E-state index contributed by atoms with van der Waals surface area (Å²) in [5, 5.41) is 15.5. The van der Waals surface area contributed by atoms with Crippen LogP contribution in [0, 0.1) is 13.8 Å². The first kappa shape index (κ1) is 17.2. The number of aryl methyl sites for hydroxylation is 2. The Hall–Kier alpha value is -1.88. The zero-order valence-corrected chi connectivity index (χ0v) is 12.9. The van der Waals surface area contributed by atoms with Crippen molar-refractivity contribution in [1.82, 2.24) is 0 Å². The molecule has 1 atom stereocenters. The summed E-state index contributed by atoms with van der Waals surface area (Å²) in [5.74, 6) is -1.50. The molecule has 21 heavy (non-hydrogen) atoms. The zero-order valence-electron chi connectivity index (χ0n) is 12.9. The second-order valence-electron chi connectivity index (χ2n) is 5.43. The van der Waals surface area contributed by atoms with Crippen LogP contribution in [0.4, 0.5) is 5.69 Å². The molecule has 0 unspecified atom stereocenters. The monoisotopic (exact) mass is 292 g/mol. The maximum atomic E-state index is 12.0. The van der Waals surface area contributed by atoms with Crippen molar-refractivity contribution in [2.75, 3.05) is 11.9 Å². The van der Waals surface area contributed by atoms with Crippen LogP contribution in [-0.2, 0) is 9.59 Å². The third kappa shape index (κ3) is 6.40. The average molecular weight is 292 g/mol. The predicted octanol–water partition coefficient (Wildman–Crippen LogP) is 0.114. The molecule has 1 aromatic rings. The van der Waals surface area contributed by atoms with Crippen LogP contribution in [0.5, 0.6) is 0 Å². The molecule has 0 aliphatic rings. The molecule has 0 saturated heterocycles. The summed E-state index contributed by atoms with van der Waals surface area (Å²) < 4.78 is 0. The maximum Gasteiger partial charge on any atom is 0.230 e. The molecule has 5 nitrogen and oxygen atoms in total. The number of anilines is 1. The highest BCUT2D eigenvalue weighted by molar-refractivity contribution is 5.93. The normalized spacial score (nSPS) is 12.0. The molecule has 1 aromatic carbocycles. The Morgan fingerprint density at radius 1 is 1.24 bits per heavy atom. The van der Waals surface area contributed by atoms with Crippen LogP contribution >= 0.6 is 0 Å². The number of hydrogen-bond acceptors (Lipinski definition) is 3. The molecule has 116 valence electrons. The SMILES string of the molecule is CCCC[NH2+][C@H](CC(=O)Nc1cc(C)cc(C)c1)C(=O)[O-]. The van der Waals surface area contributed by atoms with Gasteiger partial charge in [0.05, 0.1) is 18.9 Å². The Bertz CT molecular complexity index is 480. The Morgan fingerprint density at radius 3 is 2.38 bits per heavy atom. The summed E-state index contributed by atoms with van der Waals surface area (Å²) in [6, 6.07) is 4.90. The van der Waals surface area contributed by atoms with Gasteiger partial charge < -0.3 is 20.5 Å². The number of nitrogens with two attached hydrogens (primary N) is 1. The van der Waals surface area contributed by atoms with Gasteiger partial charge in [-0.25, -0.2) is 0 Å². The van der Waals surface area contributed by atoms with Crippen LogP contribution in [-0.4, -0.2) is 24.5 Å². The molecular weight excluding hydrogens is 268 g/mol. The van der Waals surface area contributed by atoms with Crippen molar-refractivity contribution in [1.29, 1.82) is 0 Å². The van der Waals surface area contributed by atoms with Gasteiger partial charge in [0.15, 0.2) is 0 Å². The number of amides is 1. The summed E-state index contributed by atoms with van der Waals surface area (Å²) >= 11 is 0. The molecule has 0 aromatic heterocycles. The first-order valence-corrected chi connectivity index (χ1v) is 7.34. The Labute approximate surface area is 125 Å². The number of nitrogens with one attached hydrogen (secondary N) is 1. The average Bonchev–Trinajstić information content (AvgIpc) is 2.36. The van der Waals surface area contributed by atoms with E-state index in [1.165, 1.54) is 0 Å². The van der Waals surface area contributed by atoms with Crippen LogP contribution in [0.3, 0.4) is 0 Å². The predicted molar refractivity (Wildman–Crippen MR) is 79.7 cm³/mol. The van der Waals surface area contributed by atoms with Gasteiger partial charge in [0, 0.05) is 5.69 Å². The first-order valence-electron chi connectivity index (χ1n) is 7.34. The van der Waals surface area contributed by atoms with E-state index in [4.69, 9.17) is 0 Å². The summed E-state index contributed by atoms with van der Waals surface area (Å²) in [7, 11) is 0. The highest BCUT2D eigenvalue weighted by atomic mass is 16.4. The number of unbranched alkanes of at least 4 members (excludes halogenated alkanes) is 1. The number of carboxylic acids is 1. The van der Waals surface area contributed by atoms with Gasteiger partial charge in [-0.05, 0) is 43.5 Å². The van der Waals surface area contributed by atoms with Crippen molar-refractivity contribution < 1.29 is 20.0 Å². The highest BCUT2D eigenvalue weighted by Gasteiger charge is 2.18. The minimum Gasteiger partial charge on any atom is -0.544 e. The number of carboxylic acid groups (broad SMARTS) is 1. The van der Waals surface area contributed by atoms with Crippen LogP contribution in [0.15, 0.2) is 18.2 Å². The number of carbonyl (C=O) groups is 2. The Balaban J connectivity index is 2.58. The van der Waals surface area contributed by atoms with Gasteiger partial charge in [-0.2, -0.15) is 0 Å². The largest absolute Gasteiger partial charge is 0.544 e. The van der Waals surface area contributed by atoms with E-state index in [1.807, 2.05) is 39.0 Å². The van der Waals surface area contributed by atoms with Crippen molar-refractivity contribution in [2.24, 2.45) is 0 Å². The molecular formula is C16H24N2O3. The third-order valence-corrected chi connectivity index (χ3v) is 3.22. The fraction of sp³-hybridized carbons (Fsp3) is 0.500. The van der Waals surface area contributed by atoms with E-state index in [9.17, 15) is 14.7 Å². The summed E-state index contributed by atoms with van der Waals surface area (Å²) in [4.78, 5) is 23.0. The van der Waals surface area contributed by atoms with Gasteiger partial charge >= 0.3 is 0 Å². The topological polar surface area (TPSA) is 85.8 Å². The number of carbonyl (C=O) groups excluding carboxylic acids is 2. The van der Waals surface area contributed by atoms with Crippen molar-refractivity contribution >= 4 is 17.6 Å². The minimum atomic E-state index is -1.19. The summed E-state index contributed by atoms with van der Waals surface area (Å²) in [6.07, 6.45) is 1.83. The first-order chi connectivity index (χ1) is 9.92. The number of benzene rings is 1. The summed E-state index contributed by atoms with van der Waals surface area (Å²) in [6.45, 7) is 6.62. The molecule has 5 heteroatoms. The minimum absolute atomic E-state index is 0.0843. The van der Waals surface area contributed by atoms with E-state index in [0.717, 1.165) is 24.0 Å². The molecule has 0 saturated carbocycles. The zero-order chi connectivity index (χ0) is 15.8. The van der Waals surface area contributed by atoms with E-state index in [1.54, 1.807) is 5.32 Å². The molecule has 0 heterocycles. The van der Waals surface area contributed by atoms with Crippen molar-refractivity contribution in [3.63, 3.8) is 0 Å². The van der Waals surface area contributed by atoms with Crippen molar-refractivity contribution in [3.8, 4) is 0 Å². The Kier molecular flexibility index (Phi) is 6.88. The van der Waals surface area contributed by atoms with Crippen LogP contribution in [0.25, 0.3) is 0 Å². The van der Waals surface area contributed by atoms with Crippen molar-refractivity contribution in [3.05, 3.63) is 29.3 Å². The molecule has 1 amide bonds. The molecule has 0 bridgehead atoms. The van der Waals surface area contributed by atoms with E-state index >= 15 is 0 Å². The quantitative estimate of drug-likeness (QED) is 0.667. The van der Waals surface area contributed by atoms with Crippen LogP contribution in [0.2, 0.25) is 0 Å². The van der Waals surface area contributed by atoms with Crippen molar-refractivity contribution in [2.45, 2.75) is 46.1 Å². The lowest BCUT2D eigenvalue weighted by Gasteiger charge is -2.16. The van der Waals surface area contributed by atoms with E-state index < -0.39 is 12.0 Å². The third-order valence-electron chi connectivity index (χ3n) is 3.22. The lowest BCUT2D eigenvalue weighted by Crippen LogP contribution is -2.93. The van der Waals surface area contributed by atoms with Gasteiger partial charge in [0.1, 0.15) is 6.04 Å². The second kappa shape index (κ2) is 8.42. The number of rotatable bonds is 8. The number of aliphatic carboxylic acids is 1. The lowest BCUT2D eigenvalue weighted by molar-refractivity contribution is -0.682. The van der Waals surface area contributed by atoms with Crippen LogP contribution < -0.4 is 15.7 Å². The fourth-order valence-corrected chi connectivity index (χ4v) is 2.24. The molecule has 3 N–H and O–H groups in total. The smallest absolute Gasteiger partial charge is 0.230 e. The second-order valence-corrected chi connectivity index (χ2v) is 5.43. The van der Waals surface area contributed by atoms with Gasteiger partial charge in [-0.1, -0.05) is 19.4 Å². The van der Waals surface area contributed by atoms with E-state index in [-0.39, 0.29) is 12.3 Å². The molecule has 0 spiro atoms. The van der Waals surface area contributed by atoms with Gasteiger partial charge in [0.25, 0.3) is 0 Å².